The van der Waals surface area contributed by atoms with Crippen molar-refractivity contribution in [3.63, 3.8) is 0 Å². The number of hydrogen-bond acceptors (Lipinski definition) is 5. The number of methoxy groups -OCH3 is 2. The number of nitrogens with zero attached hydrogens (tertiary/aromatic N) is 2. The second-order valence-electron chi connectivity index (χ2n) is 10.5. The molecular weight excluding hydrogens is 484 g/mol. The van der Waals surface area contributed by atoms with E-state index in [1.165, 1.54) is 33.6 Å². The predicted molar refractivity (Wildman–Crippen MR) is 160 cm³/mol. The van der Waals surface area contributed by atoms with Gasteiger partial charge in [0.05, 0.1) is 26.4 Å². The first kappa shape index (κ1) is 26.6. The van der Waals surface area contributed by atoms with E-state index in [0.29, 0.717) is 0 Å². The van der Waals surface area contributed by atoms with E-state index in [1.807, 2.05) is 24.3 Å². The molecule has 1 heterocycles. The molecule has 1 fully saturated rings. The highest BCUT2D eigenvalue weighted by molar-refractivity contribution is 5.50. The van der Waals surface area contributed by atoms with Crippen LogP contribution in [0.4, 0.5) is 11.4 Å². The van der Waals surface area contributed by atoms with Crippen molar-refractivity contribution in [1.82, 2.24) is 0 Å². The van der Waals surface area contributed by atoms with Gasteiger partial charge in [0.2, 0.25) is 0 Å². The standard InChI is InChI=1S/C34H38N2O3/c1-35(2)27-15-7-25(8-16-27)33-31(23-11-19-29(37-5)20-12-23)32(24-13-21-30(38-6)22-14-24)34(39-33)26-9-17-28(18-10-26)36(3)4/h7-22,31-34H,1-6H3/t31-,32-,33-,34+/m0/s1. The predicted octanol–water partition coefficient (Wildman–Crippen LogP) is 7.22. The molecule has 4 atom stereocenters. The Morgan fingerprint density at radius 2 is 0.769 bits per heavy atom. The zero-order valence-corrected chi connectivity index (χ0v) is 23.7. The van der Waals surface area contributed by atoms with Gasteiger partial charge in [0, 0.05) is 51.4 Å². The van der Waals surface area contributed by atoms with Crippen LogP contribution in [-0.2, 0) is 4.74 Å². The molecule has 0 bridgehead atoms. The smallest absolute Gasteiger partial charge is 0.118 e. The Balaban J connectivity index is 1.65. The minimum atomic E-state index is -0.125. The van der Waals surface area contributed by atoms with Crippen LogP contribution in [0.5, 0.6) is 11.5 Å². The van der Waals surface area contributed by atoms with Crippen molar-refractivity contribution >= 4 is 11.4 Å². The fourth-order valence-electron chi connectivity index (χ4n) is 5.62. The fraction of sp³-hybridized carbons (Fsp3) is 0.294. The van der Waals surface area contributed by atoms with Crippen LogP contribution < -0.4 is 19.3 Å². The lowest BCUT2D eigenvalue weighted by Gasteiger charge is -2.26. The van der Waals surface area contributed by atoms with Crippen molar-refractivity contribution in [2.75, 3.05) is 52.2 Å². The number of rotatable bonds is 8. The Labute approximate surface area is 232 Å². The van der Waals surface area contributed by atoms with Crippen molar-refractivity contribution in [2.45, 2.75) is 24.0 Å². The minimum absolute atomic E-state index is 0.0908. The van der Waals surface area contributed by atoms with Crippen molar-refractivity contribution in [3.8, 4) is 11.5 Å². The van der Waals surface area contributed by atoms with Gasteiger partial charge >= 0.3 is 0 Å². The van der Waals surface area contributed by atoms with Gasteiger partial charge in [0.25, 0.3) is 0 Å². The molecule has 1 aliphatic heterocycles. The first-order chi connectivity index (χ1) is 18.9. The van der Waals surface area contributed by atoms with Crippen LogP contribution in [0.25, 0.3) is 0 Å². The molecule has 0 radical (unpaired) electrons. The van der Waals surface area contributed by atoms with E-state index in [1.54, 1.807) is 14.2 Å². The summed E-state index contributed by atoms with van der Waals surface area (Å²) in [7, 11) is 11.7. The average molecular weight is 523 g/mol. The maximum Gasteiger partial charge on any atom is 0.118 e. The molecule has 5 nitrogen and oxygen atoms in total. The van der Waals surface area contributed by atoms with E-state index < -0.39 is 0 Å². The van der Waals surface area contributed by atoms with E-state index in [9.17, 15) is 0 Å². The molecule has 0 N–H and O–H groups in total. The molecule has 5 rings (SSSR count). The summed E-state index contributed by atoms with van der Waals surface area (Å²) < 4.78 is 18.1. The number of anilines is 2. The quantitative estimate of drug-likeness (QED) is 0.244. The second-order valence-corrected chi connectivity index (χ2v) is 10.5. The number of ether oxygens (including phenoxy) is 3. The maximum atomic E-state index is 7.09. The van der Waals surface area contributed by atoms with Crippen molar-refractivity contribution in [1.29, 1.82) is 0 Å². The summed E-state index contributed by atoms with van der Waals surface area (Å²) in [6.07, 6.45) is -0.250. The molecule has 0 spiro atoms. The van der Waals surface area contributed by atoms with E-state index in [-0.39, 0.29) is 24.0 Å². The first-order valence-corrected chi connectivity index (χ1v) is 13.4. The average Bonchev–Trinajstić information content (AvgIpc) is 3.38. The molecule has 4 aromatic carbocycles. The molecule has 0 amide bonds. The van der Waals surface area contributed by atoms with Crippen LogP contribution in [0.15, 0.2) is 97.1 Å². The molecule has 0 saturated carbocycles. The van der Waals surface area contributed by atoms with Gasteiger partial charge < -0.3 is 24.0 Å². The molecule has 0 unspecified atom stereocenters. The SMILES string of the molecule is COc1ccc([C@H]2[C@H](c3ccc(OC)cc3)[C@H](c3ccc(N(C)C)cc3)O[C@@H]2c2ccc(N(C)C)cc2)cc1. The van der Waals surface area contributed by atoms with Crippen LogP contribution in [0.1, 0.15) is 46.3 Å². The lowest BCUT2D eigenvalue weighted by Crippen LogP contribution is -2.14. The highest BCUT2D eigenvalue weighted by Gasteiger charge is 2.47. The van der Waals surface area contributed by atoms with E-state index >= 15 is 0 Å². The van der Waals surface area contributed by atoms with Gasteiger partial charge in [0.15, 0.2) is 0 Å². The van der Waals surface area contributed by atoms with E-state index in [0.717, 1.165) is 11.5 Å². The molecule has 202 valence electrons. The van der Waals surface area contributed by atoms with Gasteiger partial charge in [-0.25, -0.2) is 0 Å². The van der Waals surface area contributed by atoms with Crippen LogP contribution in [-0.4, -0.2) is 42.4 Å². The lowest BCUT2D eigenvalue weighted by molar-refractivity contribution is 0.0367. The summed E-state index contributed by atoms with van der Waals surface area (Å²) in [6, 6.07) is 34.4. The maximum absolute atomic E-state index is 7.09. The summed E-state index contributed by atoms with van der Waals surface area (Å²) >= 11 is 0. The molecule has 1 saturated heterocycles. The van der Waals surface area contributed by atoms with Crippen molar-refractivity contribution in [3.05, 3.63) is 119 Å². The van der Waals surface area contributed by atoms with Crippen LogP contribution >= 0.6 is 0 Å². The van der Waals surface area contributed by atoms with Crippen molar-refractivity contribution < 1.29 is 14.2 Å². The highest BCUT2D eigenvalue weighted by atomic mass is 16.5. The molecule has 5 heteroatoms. The number of hydrogen-bond donors (Lipinski definition) is 0. The van der Waals surface area contributed by atoms with Gasteiger partial charge in [-0.05, 0) is 70.8 Å². The minimum Gasteiger partial charge on any atom is -0.497 e. The van der Waals surface area contributed by atoms with Gasteiger partial charge in [-0.2, -0.15) is 0 Å². The Bertz CT molecular complexity index is 1240. The third-order valence-electron chi connectivity index (χ3n) is 7.81. The van der Waals surface area contributed by atoms with Gasteiger partial charge in [-0.3, -0.25) is 0 Å². The Morgan fingerprint density at radius 1 is 0.462 bits per heavy atom. The first-order valence-electron chi connectivity index (χ1n) is 13.4. The largest absolute Gasteiger partial charge is 0.497 e. The summed E-state index contributed by atoms with van der Waals surface area (Å²) in [5, 5.41) is 0. The van der Waals surface area contributed by atoms with Gasteiger partial charge in [0.1, 0.15) is 11.5 Å². The highest BCUT2D eigenvalue weighted by Crippen LogP contribution is 2.59. The van der Waals surface area contributed by atoms with E-state index in [2.05, 4.69) is 111 Å². The van der Waals surface area contributed by atoms with Crippen molar-refractivity contribution in [2.24, 2.45) is 0 Å². The zero-order valence-electron chi connectivity index (χ0n) is 23.7. The molecule has 0 aliphatic carbocycles. The summed E-state index contributed by atoms with van der Waals surface area (Å²) in [4.78, 5) is 4.24. The molecule has 1 aliphatic rings. The van der Waals surface area contributed by atoms with E-state index in [4.69, 9.17) is 14.2 Å². The van der Waals surface area contributed by atoms with Crippen LogP contribution in [0.3, 0.4) is 0 Å². The monoisotopic (exact) mass is 522 g/mol. The van der Waals surface area contributed by atoms with Crippen LogP contribution in [0.2, 0.25) is 0 Å². The van der Waals surface area contributed by atoms with Gasteiger partial charge in [-0.1, -0.05) is 48.5 Å². The fourth-order valence-corrected chi connectivity index (χ4v) is 5.62. The zero-order chi connectivity index (χ0) is 27.5. The van der Waals surface area contributed by atoms with Crippen LogP contribution in [0, 0.1) is 0 Å². The third kappa shape index (κ3) is 5.45. The molecule has 4 aromatic rings. The summed E-state index contributed by atoms with van der Waals surface area (Å²) in [5.74, 6) is 1.88. The Morgan fingerprint density at radius 3 is 1.05 bits per heavy atom. The number of benzene rings is 4. The summed E-state index contributed by atoms with van der Waals surface area (Å²) in [6.45, 7) is 0. The topological polar surface area (TPSA) is 34.2 Å². The second kappa shape index (κ2) is 11.4. The Hall–Kier alpha value is -3.96. The molecule has 0 aromatic heterocycles. The third-order valence-corrected chi connectivity index (χ3v) is 7.81. The summed E-state index contributed by atoms with van der Waals surface area (Å²) in [5.41, 5.74) is 7.14. The van der Waals surface area contributed by atoms with Gasteiger partial charge in [-0.15, -0.1) is 0 Å². The molecular formula is C34H38N2O3. The Kier molecular flexibility index (Phi) is 7.80. The molecule has 39 heavy (non-hydrogen) atoms. The normalized spacial score (nSPS) is 20.5. The lowest BCUT2D eigenvalue weighted by atomic mass is 9.75.